The average Bonchev–Trinajstić information content (AvgIpc) is 3.50. The van der Waals surface area contributed by atoms with E-state index in [9.17, 15) is 14.4 Å². The molecule has 2 aliphatic heterocycles. The molecule has 2 aliphatic rings. The van der Waals surface area contributed by atoms with Gasteiger partial charge in [0.25, 0.3) is 0 Å². The number of alkyl halides is 3. The van der Waals surface area contributed by atoms with Crippen molar-refractivity contribution in [2.24, 2.45) is 0 Å². The molecule has 192 valence electrons. The highest BCUT2D eigenvalue weighted by Gasteiger charge is 2.38. The van der Waals surface area contributed by atoms with Gasteiger partial charge in [0, 0.05) is 24.7 Å². The molecule has 1 atom stereocenters. The van der Waals surface area contributed by atoms with Gasteiger partial charge >= 0.3 is 12.2 Å². The first-order valence-electron chi connectivity index (χ1n) is 10.7. The van der Waals surface area contributed by atoms with Crippen LogP contribution in [0.3, 0.4) is 0 Å². The zero-order valence-corrected chi connectivity index (χ0v) is 20.9. The highest BCUT2D eigenvalue weighted by molar-refractivity contribution is 6.67. The van der Waals surface area contributed by atoms with Gasteiger partial charge in [-0.3, -0.25) is 14.6 Å². The number of benzene rings is 1. The van der Waals surface area contributed by atoms with E-state index in [4.69, 9.17) is 48.8 Å². The van der Waals surface area contributed by atoms with Crippen LogP contribution in [-0.2, 0) is 14.3 Å². The molecule has 10 nitrogen and oxygen atoms in total. The van der Waals surface area contributed by atoms with Crippen LogP contribution >= 0.6 is 34.8 Å². The monoisotopic (exact) mass is 560 g/mol. The average molecular weight is 562 g/mol. The lowest BCUT2D eigenvalue weighted by Crippen LogP contribution is -2.46. The van der Waals surface area contributed by atoms with Crippen LogP contribution < -0.4 is 9.80 Å². The van der Waals surface area contributed by atoms with Gasteiger partial charge in [-0.1, -0.05) is 46.0 Å². The van der Waals surface area contributed by atoms with Crippen LogP contribution in [0.4, 0.5) is 25.5 Å². The van der Waals surface area contributed by atoms with Gasteiger partial charge in [-0.25, -0.2) is 14.0 Å². The number of anilines is 2. The summed E-state index contributed by atoms with van der Waals surface area (Å²) in [6.07, 6.45) is 2.70. The van der Waals surface area contributed by atoms with Gasteiger partial charge < -0.3 is 18.9 Å². The Morgan fingerprint density at radius 1 is 1.33 bits per heavy atom. The van der Waals surface area contributed by atoms with Crippen LogP contribution in [0.15, 0.2) is 41.1 Å². The summed E-state index contributed by atoms with van der Waals surface area (Å²) in [7, 11) is 0. The van der Waals surface area contributed by atoms with E-state index in [2.05, 4.69) is 5.16 Å². The summed E-state index contributed by atoms with van der Waals surface area (Å²) in [5.74, 6) is -0.439. The first kappa shape index (κ1) is 26.1. The molecule has 0 N–H and O–H groups in total. The molecule has 14 heteroatoms. The quantitative estimate of drug-likeness (QED) is 0.364. The minimum absolute atomic E-state index is 0.0824. The van der Waals surface area contributed by atoms with E-state index in [1.807, 2.05) is 0 Å². The zero-order valence-electron chi connectivity index (χ0n) is 18.6. The Hall–Kier alpha value is -3.02. The number of carbonyl (C=O) groups is 3. The Morgan fingerprint density at radius 2 is 2.14 bits per heavy atom. The predicted octanol–water partition coefficient (Wildman–Crippen LogP) is 4.40. The Bertz CT molecular complexity index is 1160. The number of rotatable bonds is 7. The lowest BCUT2D eigenvalue weighted by Gasteiger charge is -2.27. The van der Waals surface area contributed by atoms with Crippen LogP contribution in [0.1, 0.15) is 12.0 Å². The van der Waals surface area contributed by atoms with E-state index < -0.39 is 34.4 Å². The van der Waals surface area contributed by atoms with Gasteiger partial charge in [0.05, 0.1) is 18.3 Å². The fourth-order valence-electron chi connectivity index (χ4n) is 3.89. The van der Waals surface area contributed by atoms with E-state index in [0.717, 1.165) is 16.9 Å². The lowest BCUT2D eigenvalue weighted by molar-refractivity contribution is -0.117. The van der Waals surface area contributed by atoms with E-state index in [1.165, 1.54) is 23.3 Å². The summed E-state index contributed by atoms with van der Waals surface area (Å²) in [5.41, 5.74) is 1.39. The van der Waals surface area contributed by atoms with E-state index >= 15 is 4.39 Å². The number of halogens is 4. The van der Waals surface area contributed by atoms with E-state index in [0.29, 0.717) is 25.1 Å². The Balaban J connectivity index is 1.54. The molecule has 0 spiro atoms. The number of ether oxygens (including phenoxy) is 2. The highest BCUT2D eigenvalue weighted by Crippen LogP contribution is 2.31. The van der Waals surface area contributed by atoms with Crippen molar-refractivity contribution in [2.75, 3.05) is 42.6 Å². The molecule has 1 fully saturated rings. The fourth-order valence-corrected chi connectivity index (χ4v) is 4.05. The first-order valence-corrected chi connectivity index (χ1v) is 11.9. The smallest absolute Gasteiger partial charge is 0.415 e. The minimum atomic E-state index is -1.83. The van der Waals surface area contributed by atoms with Crippen LogP contribution in [-0.4, -0.2) is 71.3 Å². The van der Waals surface area contributed by atoms with Crippen molar-refractivity contribution in [1.82, 2.24) is 10.1 Å². The van der Waals surface area contributed by atoms with Gasteiger partial charge in [0.1, 0.15) is 25.3 Å². The Labute approximate surface area is 220 Å². The van der Waals surface area contributed by atoms with Crippen molar-refractivity contribution >= 4 is 70.5 Å². The number of amides is 3. The standard InChI is InChI=1S/C22H20Cl3FN4O6/c23-22(24,25)12-35-20(32)29(19-5-8-36-27-19)10-16-11-34-21(33)30(16)15-1-2-17(18(26)9-15)14-3-6-28(13-31)7-4-14/h1-3,5,8-9,13,16H,4,6-7,10-12H2/t16-/m1/s1. The van der Waals surface area contributed by atoms with E-state index in [-0.39, 0.29) is 24.7 Å². The summed E-state index contributed by atoms with van der Waals surface area (Å²) in [5, 5.41) is 3.75. The number of carbonyl (C=O) groups excluding carboxylic acids is 3. The summed E-state index contributed by atoms with van der Waals surface area (Å²) < 4.78 is 28.3. The SMILES string of the molecule is O=CN1CC=C(c2ccc(N3C(=O)OC[C@H]3CN(C(=O)OCC(Cl)(Cl)Cl)c3ccon3)cc2F)CC1. The minimum Gasteiger partial charge on any atom is -0.447 e. The van der Waals surface area contributed by atoms with Crippen molar-refractivity contribution in [2.45, 2.75) is 16.3 Å². The number of cyclic esters (lactones) is 1. The second kappa shape index (κ2) is 10.9. The molecule has 0 radical (unpaired) electrons. The van der Waals surface area contributed by atoms with Gasteiger partial charge in [-0.2, -0.15) is 0 Å². The van der Waals surface area contributed by atoms with E-state index in [1.54, 1.807) is 23.1 Å². The second-order valence-corrected chi connectivity index (χ2v) is 10.5. The molecule has 0 saturated carbocycles. The molecule has 0 bridgehead atoms. The number of aromatic nitrogens is 1. The molecule has 3 heterocycles. The summed E-state index contributed by atoms with van der Waals surface area (Å²) in [6.45, 7) is 0.145. The van der Waals surface area contributed by atoms with Gasteiger partial charge in [0.2, 0.25) is 10.2 Å². The summed E-state index contributed by atoms with van der Waals surface area (Å²) >= 11 is 17.0. The van der Waals surface area contributed by atoms with Crippen molar-refractivity contribution in [3.05, 3.63) is 48.0 Å². The van der Waals surface area contributed by atoms with Crippen molar-refractivity contribution < 1.29 is 32.8 Å². The molecule has 1 aromatic carbocycles. The van der Waals surface area contributed by atoms with Crippen LogP contribution in [0.5, 0.6) is 0 Å². The van der Waals surface area contributed by atoms with Gasteiger partial charge in [0.15, 0.2) is 5.82 Å². The molecule has 0 unspecified atom stereocenters. The Morgan fingerprint density at radius 3 is 2.75 bits per heavy atom. The molecule has 0 aliphatic carbocycles. The second-order valence-electron chi connectivity index (χ2n) is 7.98. The lowest BCUT2D eigenvalue weighted by atomic mass is 9.98. The highest BCUT2D eigenvalue weighted by atomic mass is 35.6. The normalized spacial score (nSPS) is 18.1. The van der Waals surface area contributed by atoms with Crippen LogP contribution in [0.25, 0.3) is 5.57 Å². The fraction of sp³-hybridized carbons (Fsp3) is 0.364. The third-order valence-electron chi connectivity index (χ3n) is 5.60. The van der Waals surface area contributed by atoms with Gasteiger partial charge in [-0.15, -0.1) is 0 Å². The maximum atomic E-state index is 15.1. The zero-order chi connectivity index (χ0) is 25.9. The molecule has 2 aromatic rings. The maximum Gasteiger partial charge on any atom is 0.415 e. The predicted molar refractivity (Wildman–Crippen MR) is 130 cm³/mol. The number of hydrogen-bond acceptors (Lipinski definition) is 7. The van der Waals surface area contributed by atoms with Crippen LogP contribution in [0, 0.1) is 5.82 Å². The van der Waals surface area contributed by atoms with Crippen molar-refractivity contribution in [3.63, 3.8) is 0 Å². The Kier molecular flexibility index (Phi) is 7.91. The molecule has 4 rings (SSSR count). The maximum absolute atomic E-state index is 15.1. The summed E-state index contributed by atoms with van der Waals surface area (Å²) in [6, 6.07) is 5.09. The molecule has 36 heavy (non-hydrogen) atoms. The molecule has 3 amide bonds. The third-order valence-corrected chi connectivity index (χ3v) is 5.93. The van der Waals surface area contributed by atoms with Gasteiger partial charge in [-0.05, 0) is 30.2 Å². The number of nitrogens with zero attached hydrogens (tertiary/aromatic N) is 4. The largest absolute Gasteiger partial charge is 0.447 e. The summed E-state index contributed by atoms with van der Waals surface area (Å²) in [4.78, 5) is 40.1. The third kappa shape index (κ3) is 6.03. The molecular weight excluding hydrogens is 542 g/mol. The topological polar surface area (TPSA) is 105 Å². The molecule has 1 aromatic heterocycles. The van der Waals surface area contributed by atoms with Crippen LogP contribution in [0.2, 0.25) is 0 Å². The molecule has 1 saturated heterocycles. The van der Waals surface area contributed by atoms with Crippen molar-refractivity contribution in [1.29, 1.82) is 0 Å². The molecular formula is C22H20Cl3FN4O6. The van der Waals surface area contributed by atoms with Crippen molar-refractivity contribution in [3.8, 4) is 0 Å². The number of hydrogen-bond donors (Lipinski definition) is 0. The first-order chi connectivity index (χ1) is 17.2.